The smallest absolute Gasteiger partial charge is 0.342 e. The van der Waals surface area contributed by atoms with Crippen LogP contribution in [0, 0.1) is 28.6 Å². The van der Waals surface area contributed by atoms with Crippen molar-refractivity contribution in [1.29, 1.82) is 10.5 Å². The number of urea groups is 2. The molecule has 0 spiro atoms. The second-order valence-electron chi connectivity index (χ2n) is 18.2. The van der Waals surface area contributed by atoms with Crippen molar-refractivity contribution < 1.29 is 50.3 Å². The first-order chi connectivity index (χ1) is 34.9. The average Bonchev–Trinajstić information content (AvgIpc) is 3.89. The molecule has 4 aromatic rings. The highest BCUT2D eigenvalue weighted by Gasteiger charge is 2.47. The zero-order valence-electron chi connectivity index (χ0n) is 38.9. The molecule has 0 aliphatic carbocycles. The third-order valence-corrected chi connectivity index (χ3v) is 13.7. The first-order valence-corrected chi connectivity index (χ1v) is 23.5. The number of nitriles is 2. The highest BCUT2D eigenvalue weighted by Crippen LogP contribution is 2.42. The lowest BCUT2D eigenvalue weighted by Crippen LogP contribution is -2.47. The molecule has 376 valence electrons. The number of hydrogen-bond donors (Lipinski definition) is 3. The predicted molar refractivity (Wildman–Crippen MR) is 251 cm³/mol. The Morgan fingerprint density at radius 1 is 0.616 bits per heavy atom. The Hall–Kier alpha value is -8.17. The number of piperidine rings is 1. The first-order valence-electron chi connectivity index (χ1n) is 23.5. The van der Waals surface area contributed by atoms with Gasteiger partial charge in [0, 0.05) is 32.1 Å². The van der Waals surface area contributed by atoms with Crippen molar-refractivity contribution in [3.8, 4) is 12.1 Å². The lowest BCUT2D eigenvalue weighted by Gasteiger charge is -2.34. The molecule has 3 N–H and O–H groups in total. The van der Waals surface area contributed by atoms with Crippen LogP contribution in [0.15, 0.2) is 120 Å². The number of carbonyl (C=O) groups excluding carboxylic acids is 5. The minimum atomic E-state index is -4.72. The van der Waals surface area contributed by atoms with E-state index in [2.05, 4.69) is 16.0 Å². The Bertz CT molecular complexity index is 2820. The fourth-order valence-corrected chi connectivity index (χ4v) is 10.1. The van der Waals surface area contributed by atoms with E-state index >= 15 is 0 Å². The van der Waals surface area contributed by atoms with E-state index in [1.54, 1.807) is 29.2 Å². The maximum Gasteiger partial charge on any atom is 0.416 e. The molecule has 0 saturated carbocycles. The average molecular weight is 1000 g/mol. The molecule has 9 rings (SSSR count). The highest BCUT2D eigenvalue weighted by atomic mass is 19.4. The molecule has 7 amide bonds. The van der Waals surface area contributed by atoms with Crippen LogP contribution in [-0.2, 0) is 26.7 Å². The van der Waals surface area contributed by atoms with E-state index in [9.17, 15) is 60.8 Å². The predicted octanol–water partition coefficient (Wildman–Crippen LogP) is 7.51. The minimum absolute atomic E-state index is 0.0803. The van der Waals surface area contributed by atoms with Gasteiger partial charge < -0.3 is 30.7 Å². The third-order valence-electron chi connectivity index (χ3n) is 13.7. The van der Waals surface area contributed by atoms with Crippen LogP contribution in [0.3, 0.4) is 0 Å². The van der Waals surface area contributed by atoms with Crippen molar-refractivity contribution >= 4 is 41.2 Å². The van der Waals surface area contributed by atoms with Crippen molar-refractivity contribution in [2.45, 2.75) is 50.1 Å². The topological polar surface area (TPSA) is 185 Å². The number of carbonyl (C=O) groups is 5. The molecule has 4 aromatic carbocycles. The fourth-order valence-electron chi connectivity index (χ4n) is 10.1. The summed E-state index contributed by atoms with van der Waals surface area (Å²) in [5.74, 6) is -1.40. The molecule has 15 nitrogen and oxygen atoms in total. The van der Waals surface area contributed by atoms with E-state index in [1.807, 2.05) is 12.1 Å². The normalized spacial score (nSPS) is 19.4. The molecule has 21 heteroatoms. The second-order valence-corrected chi connectivity index (χ2v) is 18.2. The van der Waals surface area contributed by atoms with E-state index in [-0.39, 0.29) is 97.9 Å². The van der Waals surface area contributed by atoms with Gasteiger partial charge in [-0.1, -0.05) is 36.4 Å². The summed E-state index contributed by atoms with van der Waals surface area (Å²) in [5, 5.41) is 27.6. The first kappa shape index (κ1) is 49.8. The molecule has 0 aromatic heterocycles. The van der Waals surface area contributed by atoms with Gasteiger partial charge in [0.15, 0.2) is 0 Å². The van der Waals surface area contributed by atoms with Gasteiger partial charge >= 0.3 is 24.4 Å². The Kier molecular flexibility index (Phi) is 13.7. The van der Waals surface area contributed by atoms with E-state index in [4.69, 9.17) is 0 Å². The van der Waals surface area contributed by atoms with Crippen LogP contribution in [0.4, 0.5) is 47.3 Å². The van der Waals surface area contributed by atoms with Crippen LogP contribution in [0.1, 0.15) is 71.1 Å². The number of hydrogen-bond acceptors (Lipinski definition) is 8. The monoisotopic (exact) mass is 1000 g/mol. The summed E-state index contributed by atoms with van der Waals surface area (Å²) in [6, 6.07) is 21.5. The molecule has 0 unspecified atom stereocenters. The second kappa shape index (κ2) is 20.1. The molecule has 0 radical (unpaired) electrons. The summed E-state index contributed by atoms with van der Waals surface area (Å²) in [6.07, 6.45) is -7.79. The number of halogens is 6. The lowest BCUT2D eigenvalue weighted by atomic mass is 9.94. The van der Waals surface area contributed by atoms with Gasteiger partial charge in [-0.3, -0.25) is 24.2 Å². The van der Waals surface area contributed by atoms with Crippen LogP contribution in [0.2, 0.25) is 0 Å². The zero-order valence-corrected chi connectivity index (χ0v) is 38.9. The van der Waals surface area contributed by atoms with Gasteiger partial charge in [0.25, 0.3) is 11.8 Å². The summed E-state index contributed by atoms with van der Waals surface area (Å²) in [7, 11) is 0. The van der Waals surface area contributed by atoms with E-state index < -0.39 is 59.4 Å². The Morgan fingerprint density at radius 2 is 1.03 bits per heavy atom. The summed E-state index contributed by atoms with van der Waals surface area (Å²) in [5.41, 5.74) is 0.0706. The zero-order chi connectivity index (χ0) is 51.8. The van der Waals surface area contributed by atoms with Crippen molar-refractivity contribution in [3.63, 3.8) is 0 Å². The number of rotatable bonds is 13. The lowest BCUT2D eigenvalue weighted by molar-refractivity contribution is -0.138. The summed E-state index contributed by atoms with van der Waals surface area (Å²) < 4.78 is 83.3. The van der Waals surface area contributed by atoms with Crippen LogP contribution >= 0.6 is 0 Å². The number of anilines is 2. The molecule has 73 heavy (non-hydrogen) atoms. The molecule has 5 aliphatic rings. The van der Waals surface area contributed by atoms with E-state index in [0.717, 1.165) is 34.1 Å². The van der Waals surface area contributed by atoms with E-state index in [1.165, 1.54) is 58.3 Å². The molecule has 0 bridgehead atoms. The molecule has 2 atom stereocenters. The summed E-state index contributed by atoms with van der Waals surface area (Å²) >= 11 is 0. The Morgan fingerprint density at radius 3 is 1.41 bits per heavy atom. The number of benzene rings is 4. The molecular formula is C52H46F6N10O5. The van der Waals surface area contributed by atoms with Gasteiger partial charge in [-0.05, 0) is 111 Å². The van der Waals surface area contributed by atoms with Crippen molar-refractivity contribution in [2.24, 2.45) is 5.92 Å². The number of nitrogens with one attached hydrogen (secondary N) is 3. The maximum absolute atomic E-state index is 14.4. The summed E-state index contributed by atoms with van der Waals surface area (Å²) in [4.78, 5) is 77.6. The molecule has 1 fully saturated rings. The van der Waals surface area contributed by atoms with E-state index in [0.29, 0.717) is 48.2 Å². The molecule has 5 heterocycles. The van der Waals surface area contributed by atoms with Crippen molar-refractivity contribution in [3.05, 3.63) is 153 Å². The Labute approximate surface area is 414 Å². The van der Waals surface area contributed by atoms with Crippen molar-refractivity contribution in [2.75, 3.05) is 62.2 Å². The third kappa shape index (κ3) is 10.0. The van der Waals surface area contributed by atoms with Crippen LogP contribution < -0.4 is 25.8 Å². The highest BCUT2D eigenvalue weighted by molar-refractivity contribution is 6.08. The minimum Gasteiger partial charge on any atom is -0.342 e. The SMILES string of the molecule is N#Cc1ccc([C@H]2NC(=O)N(c3cccc(C(F)(F)F)c3)C3=C2C(=O)N(CCCN(CCCN2CC4=C(C2=O)[C@@H](c2ccc(C#N)cc2)NC(=O)N4c2cccc(C(F)(F)F)c2)C(=O)C2CCNCC2)C3)cc1. The maximum atomic E-state index is 14.4. The van der Waals surface area contributed by atoms with Crippen LogP contribution in [-0.4, -0.2) is 96.8 Å². The number of nitrogens with zero attached hydrogens (tertiary/aromatic N) is 7. The molecular weight excluding hydrogens is 959 g/mol. The standard InChI is InChI=1S/C52H46F6N10O5/c53-51(54,55)36-5-1-7-38(25-36)67-40-29-65(47(70)42(40)44(62-49(67)72)33-13-9-31(27-59)10-14-33)23-3-21-64(46(69)35-17-19-61-20-18-35)22-4-24-66-30-41-43(48(66)71)45(34-15-11-32(28-60)12-16-34)63-50(73)68(41)39-8-2-6-37(26-39)52(56,57)58/h1-2,5-16,25-26,35,44-45,61H,3-4,17-24,29-30H2,(H,62,72)(H,63,73)/t44-,45-/m1/s1. The molecule has 1 saturated heterocycles. The van der Waals surface area contributed by atoms with Crippen LogP contribution in [0.5, 0.6) is 0 Å². The van der Waals surface area contributed by atoms with Crippen molar-refractivity contribution in [1.82, 2.24) is 30.7 Å². The summed E-state index contributed by atoms with van der Waals surface area (Å²) in [6.45, 7) is 1.45. The quantitative estimate of drug-likeness (QED) is 0.115. The van der Waals surface area contributed by atoms with Gasteiger partial charge in [0.05, 0.1) is 93.5 Å². The van der Waals surface area contributed by atoms with Gasteiger partial charge in [-0.25, -0.2) is 9.59 Å². The molecule has 5 aliphatic heterocycles. The van der Waals surface area contributed by atoms with Crippen LogP contribution in [0.25, 0.3) is 0 Å². The van der Waals surface area contributed by atoms with Gasteiger partial charge in [0.2, 0.25) is 5.91 Å². The number of alkyl halides is 6. The largest absolute Gasteiger partial charge is 0.416 e. The van der Waals surface area contributed by atoms with Gasteiger partial charge in [0.1, 0.15) is 0 Å². The van der Waals surface area contributed by atoms with Gasteiger partial charge in [-0.15, -0.1) is 0 Å². The number of amides is 7. The fraction of sp³-hybridized carbons (Fsp3) is 0.327. The van der Waals surface area contributed by atoms with Gasteiger partial charge in [-0.2, -0.15) is 36.9 Å². The Balaban J connectivity index is 0.933.